The van der Waals surface area contributed by atoms with Crippen molar-refractivity contribution < 1.29 is 9.90 Å². The lowest BCUT2D eigenvalue weighted by Gasteiger charge is -2.09. The molecule has 1 amide bonds. The Bertz CT molecular complexity index is 598. The minimum absolute atomic E-state index is 0.0529. The van der Waals surface area contributed by atoms with E-state index in [1.165, 1.54) is 0 Å². The normalized spacial score (nSPS) is 20.6. The number of phenolic OH excluding ortho intramolecular Hbond substituents is 1. The van der Waals surface area contributed by atoms with Gasteiger partial charge in [0.25, 0.3) is 5.91 Å². The van der Waals surface area contributed by atoms with Crippen molar-refractivity contribution in [2.24, 2.45) is 5.10 Å². The highest BCUT2D eigenvalue weighted by molar-refractivity contribution is 9.11. The molecule has 0 spiro atoms. The van der Waals surface area contributed by atoms with Crippen molar-refractivity contribution in [2.75, 3.05) is 0 Å². The molecule has 1 saturated carbocycles. The number of hydrogen-bond acceptors (Lipinski definition) is 3. The maximum atomic E-state index is 12.1. The molecule has 0 atom stereocenters. The van der Waals surface area contributed by atoms with Crippen LogP contribution in [-0.2, 0) is 4.79 Å². The number of aromatic hydroxyl groups is 1. The molecule has 0 bridgehead atoms. The van der Waals surface area contributed by atoms with E-state index in [-0.39, 0.29) is 17.7 Å². The molecule has 1 aliphatic heterocycles. The minimum Gasteiger partial charge on any atom is -0.506 e. The van der Waals surface area contributed by atoms with Crippen LogP contribution >= 0.6 is 31.9 Å². The van der Waals surface area contributed by atoms with Crippen molar-refractivity contribution in [1.82, 2.24) is 5.01 Å². The van der Waals surface area contributed by atoms with E-state index in [1.54, 1.807) is 29.4 Å². The van der Waals surface area contributed by atoms with Crippen LogP contribution in [0.2, 0.25) is 0 Å². The molecule has 19 heavy (non-hydrogen) atoms. The SMILES string of the molecule is O=C1C(=Cc2cc(Br)c(O)c(Br)c2)C=NN1C1CC1. The zero-order valence-electron chi connectivity index (χ0n) is 9.81. The molecule has 0 aromatic heterocycles. The first-order valence-corrected chi connectivity index (χ1v) is 7.42. The third-order valence-corrected chi connectivity index (χ3v) is 4.24. The molecule has 1 aromatic rings. The standard InChI is InChI=1S/C13H10Br2N2O2/c14-10-4-7(5-11(15)12(10)18)3-8-6-16-17(13(8)19)9-1-2-9/h3-6,9,18H,1-2H2. The number of benzene rings is 1. The zero-order valence-corrected chi connectivity index (χ0v) is 13.0. The molecule has 6 heteroatoms. The Morgan fingerprint density at radius 2 is 1.95 bits per heavy atom. The highest BCUT2D eigenvalue weighted by atomic mass is 79.9. The maximum Gasteiger partial charge on any atom is 0.275 e. The third-order valence-electron chi connectivity index (χ3n) is 3.03. The molecule has 1 heterocycles. The summed E-state index contributed by atoms with van der Waals surface area (Å²) in [5.74, 6) is 0.0935. The summed E-state index contributed by atoms with van der Waals surface area (Å²) in [6, 6.07) is 3.80. The summed E-state index contributed by atoms with van der Waals surface area (Å²) in [6.45, 7) is 0. The first-order chi connectivity index (χ1) is 9.06. The molecule has 1 aromatic carbocycles. The average Bonchev–Trinajstić information content (AvgIpc) is 3.14. The Morgan fingerprint density at radius 1 is 1.32 bits per heavy atom. The van der Waals surface area contributed by atoms with E-state index < -0.39 is 0 Å². The van der Waals surface area contributed by atoms with Gasteiger partial charge in [-0.15, -0.1) is 0 Å². The first-order valence-electron chi connectivity index (χ1n) is 5.83. The van der Waals surface area contributed by atoms with Crippen molar-refractivity contribution >= 4 is 50.1 Å². The lowest BCUT2D eigenvalue weighted by atomic mass is 10.1. The second-order valence-electron chi connectivity index (χ2n) is 4.56. The van der Waals surface area contributed by atoms with Gasteiger partial charge in [0.1, 0.15) is 5.75 Å². The van der Waals surface area contributed by atoms with Crippen LogP contribution in [0.3, 0.4) is 0 Å². The van der Waals surface area contributed by atoms with Crippen LogP contribution in [0.15, 0.2) is 31.8 Å². The summed E-state index contributed by atoms with van der Waals surface area (Å²) in [5, 5.41) is 15.3. The number of hydrogen-bond donors (Lipinski definition) is 1. The van der Waals surface area contributed by atoms with E-state index >= 15 is 0 Å². The van der Waals surface area contributed by atoms with Gasteiger partial charge in [-0.3, -0.25) is 4.79 Å². The largest absolute Gasteiger partial charge is 0.506 e. The quantitative estimate of drug-likeness (QED) is 0.794. The predicted molar refractivity (Wildman–Crippen MR) is 79.8 cm³/mol. The van der Waals surface area contributed by atoms with Crippen LogP contribution < -0.4 is 0 Å². The number of nitrogens with zero attached hydrogens (tertiary/aromatic N) is 2. The highest BCUT2D eigenvalue weighted by Crippen LogP contribution is 2.35. The number of halogens is 2. The van der Waals surface area contributed by atoms with Crippen molar-refractivity contribution in [2.45, 2.75) is 18.9 Å². The number of amides is 1. The molecule has 3 rings (SSSR count). The van der Waals surface area contributed by atoms with Crippen molar-refractivity contribution in [1.29, 1.82) is 0 Å². The second-order valence-corrected chi connectivity index (χ2v) is 6.27. The molecule has 0 saturated heterocycles. The van der Waals surface area contributed by atoms with Gasteiger partial charge in [-0.1, -0.05) is 0 Å². The number of phenols is 1. The summed E-state index contributed by atoms with van der Waals surface area (Å²) in [5.41, 5.74) is 1.39. The molecular formula is C13H10Br2N2O2. The van der Waals surface area contributed by atoms with E-state index in [2.05, 4.69) is 37.0 Å². The number of hydrazone groups is 1. The van der Waals surface area contributed by atoms with Crippen molar-refractivity contribution in [3.8, 4) is 5.75 Å². The Balaban J connectivity index is 1.90. The fraction of sp³-hybridized carbons (Fsp3) is 0.231. The van der Waals surface area contributed by atoms with Crippen LogP contribution in [0.4, 0.5) is 0 Å². The fourth-order valence-electron chi connectivity index (χ4n) is 1.89. The Kier molecular flexibility index (Phi) is 3.22. The maximum absolute atomic E-state index is 12.1. The predicted octanol–water partition coefficient (Wildman–Crippen LogP) is 3.29. The molecular weight excluding hydrogens is 376 g/mol. The van der Waals surface area contributed by atoms with Gasteiger partial charge in [-0.2, -0.15) is 5.10 Å². The van der Waals surface area contributed by atoms with Crippen LogP contribution in [0.25, 0.3) is 6.08 Å². The van der Waals surface area contributed by atoms with Crippen molar-refractivity contribution in [3.05, 3.63) is 32.2 Å². The van der Waals surface area contributed by atoms with Crippen LogP contribution in [-0.4, -0.2) is 28.3 Å². The molecule has 98 valence electrons. The Hall–Kier alpha value is -1.14. The number of carbonyl (C=O) groups excluding carboxylic acids is 1. The zero-order chi connectivity index (χ0) is 13.6. The van der Waals surface area contributed by atoms with Gasteiger partial charge in [-0.05, 0) is 68.5 Å². The molecule has 0 unspecified atom stereocenters. The summed E-state index contributed by atoms with van der Waals surface area (Å²) in [6.07, 6.45) is 5.43. The van der Waals surface area contributed by atoms with Crippen LogP contribution in [0.5, 0.6) is 5.75 Å². The third kappa shape index (κ3) is 2.47. The van der Waals surface area contributed by atoms with Crippen LogP contribution in [0.1, 0.15) is 18.4 Å². The second kappa shape index (κ2) is 4.76. The van der Waals surface area contributed by atoms with Gasteiger partial charge in [0, 0.05) is 0 Å². The smallest absolute Gasteiger partial charge is 0.275 e. The van der Waals surface area contributed by atoms with Crippen molar-refractivity contribution in [3.63, 3.8) is 0 Å². The molecule has 4 nitrogen and oxygen atoms in total. The Labute approximate surface area is 127 Å². The highest BCUT2D eigenvalue weighted by Gasteiger charge is 2.36. The van der Waals surface area contributed by atoms with E-state index in [1.807, 2.05) is 0 Å². The summed E-state index contributed by atoms with van der Waals surface area (Å²) in [7, 11) is 0. The average molecular weight is 386 g/mol. The lowest BCUT2D eigenvalue weighted by Crippen LogP contribution is -2.23. The van der Waals surface area contributed by atoms with E-state index in [9.17, 15) is 9.90 Å². The van der Waals surface area contributed by atoms with E-state index in [0.29, 0.717) is 14.5 Å². The number of rotatable bonds is 2. The topological polar surface area (TPSA) is 52.9 Å². The summed E-state index contributed by atoms with van der Waals surface area (Å²) in [4.78, 5) is 12.1. The molecule has 1 fully saturated rings. The molecule has 0 radical (unpaired) electrons. The molecule has 2 aliphatic rings. The Morgan fingerprint density at radius 3 is 2.53 bits per heavy atom. The fourth-order valence-corrected chi connectivity index (χ4v) is 3.11. The van der Waals surface area contributed by atoms with E-state index in [4.69, 9.17) is 0 Å². The van der Waals surface area contributed by atoms with Gasteiger partial charge in [-0.25, -0.2) is 5.01 Å². The van der Waals surface area contributed by atoms with Gasteiger partial charge in [0.05, 0.1) is 26.8 Å². The summed E-state index contributed by atoms with van der Waals surface area (Å²) < 4.78 is 1.16. The monoisotopic (exact) mass is 384 g/mol. The minimum atomic E-state index is -0.0529. The van der Waals surface area contributed by atoms with Crippen LogP contribution in [0, 0.1) is 0 Å². The van der Waals surface area contributed by atoms with E-state index in [0.717, 1.165) is 18.4 Å². The van der Waals surface area contributed by atoms with Gasteiger partial charge >= 0.3 is 0 Å². The molecule has 1 aliphatic carbocycles. The molecule has 1 N–H and O–H groups in total. The van der Waals surface area contributed by atoms with Gasteiger partial charge < -0.3 is 5.11 Å². The number of carbonyl (C=O) groups is 1. The van der Waals surface area contributed by atoms with Gasteiger partial charge in [0.2, 0.25) is 0 Å². The summed E-state index contributed by atoms with van der Waals surface area (Å²) >= 11 is 6.54. The van der Waals surface area contributed by atoms with Gasteiger partial charge in [0.15, 0.2) is 0 Å². The first kappa shape index (κ1) is 12.9. The lowest BCUT2D eigenvalue weighted by molar-refractivity contribution is -0.126.